The van der Waals surface area contributed by atoms with E-state index in [-0.39, 0.29) is 6.61 Å². The molecule has 1 saturated carbocycles. The molecule has 0 aliphatic heterocycles. The molecule has 4 nitrogen and oxygen atoms in total. The fourth-order valence-electron chi connectivity index (χ4n) is 3.06. The summed E-state index contributed by atoms with van der Waals surface area (Å²) in [4.78, 5) is 8.62. The first-order chi connectivity index (χ1) is 9.78. The van der Waals surface area contributed by atoms with Crippen molar-refractivity contribution in [2.75, 3.05) is 11.9 Å². The molecule has 1 heterocycles. The molecule has 2 atom stereocenters. The number of rotatable bonds is 4. The first kappa shape index (κ1) is 13.6. The zero-order valence-electron chi connectivity index (χ0n) is 11.2. The van der Waals surface area contributed by atoms with E-state index in [0.717, 1.165) is 29.6 Å². The van der Waals surface area contributed by atoms with E-state index in [9.17, 15) is 0 Å². The van der Waals surface area contributed by atoms with Crippen molar-refractivity contribution in [3.05, 3.63) is 29.5 Å². The van der Waals surface area contributed by atoms with Gasteiger partial charge >= 0.3 is 0 Å². The minimum atomic E-state index is 0.253. The van der Waals surface area contributed by atoms with Crippen LogP contribution in [0.3, 0.4) is 0 Å². The summed E-state index contributed by atoms with van der Waals surface area (Å²) in [7, 11) is 0. The second kappa shape index (κ2) is 5.94. The first-order valence-corrected chi connectivity index (χ1v) is 7.43. The molecule has 106 valence electrons. The standard InChI is InChI=1S/C15H18ClN3O/c16-11-4-5-12-14(8-11)17-9-18-15(12)19-13-3-1-2-10(13)6-7-20/h4-5,8-10,13,20H,1-3,6-7H2,(H,17,18,19). The molecular weight excluding hydrogens is 274 g/mol. The van der Waals surface area contributed by atoms with Gasteiger partial charge in [0.15, 0.2) is 0 Å². The van der Waals surface area contributed by atoms with Gasteiger partial charge in [0.2, 0.25) is 0 Å². The van der Waals surface area contributed by atoms with Crippen LogP contribution < -0.4 is 5.32 Å². The molecular formula is C15H18ClN3O. The van der Waals surface area contributed by atoms with Gasteiger partial charge < -0.3 is 10.4 Å². The Morgan fingerprint density at radius 1 is 1.30 bits per heavy atom. The molecule has 5 heteroatoms. The van der Waals surface area contributed by atoms with Crippen LogP contribution in [-0.4, -0.2) is 27.7 Å². The normalized spacial score (nSPS) is 22.3. The summed E-state index contributed by atoms with van der Waals surface area (Å²) in [6.45, 7) is 0.253. The molecule has 1 fully saturated rings. The van der Waals surface area contributed by atoms with Crippen molar-refractivity contribution in [1.82, 2.24) is 9.97 Å². The number of nitrogens with one attached hydrogen (secondary N) is 1. The van der Waals surface area contributed by atoms with E-state index >= 15 is 0 Å². The summed E-state index contributed by atoms with van der Waals surface area (Å²) in [5.41, 5.74) is 0.853. The average molecular weight is 292 g/mol. The lowest BCUT2D eigenvalue weighted by molar-refractivity contribution is 0.254. The lowest BCUT2D eigenvalue weighted by atomic mass is 10.00. The van der Waals surface area contributed by atoms with E-state index in [0.29, 0.717) is 17.0 Å². The van der Waals surface area contributed by atoms with Crippen LogP contribution >= 0.6 is 11.6 Å². The van der Waals surface area contributed by atoms with Crippen LogP contribution in [0.15, 0.2) is 24.5 Å². The van der Waals surface area contributed by atoms with Gasteiger partial charge in [0.1, 0.15) is 12.1 Å². The van der Waals surface area contributed by atoms with Crippen molar-refractivity contribution in [1.29, 1.82) is 0 Å². The second-order valence-electron chi connectivity index (χ2n) is 5.34. The van der Waals surface area contributed by atoms with E-state index < -0.39 is 0 Å². The number of hydrogen-bond donors (Lipinski definition) is 2. The first-order valence-electron chi connectivity index (χ1n) is 7.05. The van der Waals surface area contributed by atoms with Gasteiger partial charge in [0.05, 0.1) is 5.52 Å². The molecule has 1 aromatic carbocycles. The van der Waals surface area contributed by atoms with Crippen molar-refractivity contribution < 1.29 is 5.11 Å². The highest BCUT2D eigenvalue weighted by Crippen LogP contribution is 2.32. The lowest BCUT2D eigenvalue weighted by Gasteiger charge is -2.21. The third-order valence-corrected chi connectivity index (χ3v) is 4.31. The lowest BCUT2D eigenvalue weighted by Crippen LogP contribution is -2.25. The van der Waals surface area contributed by atoms with Crippen LogP contribution in [0.4, 0.5) is 5.82 Å². The van der Waals surface area contributed by atoms with E-state index in [1.165, 1.54) is 12.8 Å². The van der Waals surface area contributed by atoms with Crippen LogP contribution in [0, 0.1) is 5.92 Å². The number of anilines is 1. The van der Waals surface area contributed by atoms with Gasteiger partial charge in [0, 0.05) is 23.1 Å². The van der Waals surface area contributed by atoms with Crippen molar-refractivity contribution >= 4 is 28.3 Å². The molecule has 0 radical (unpaired) electrons. The van der Waals surface area contributed by atoms with Gasteiger partial charge in [-0.3, -0.25) is 0 Å². The Kier molecular flexibility index (Phi) is 4.03. The van der Waals surface area contributed by atoms with Gasteiger partial charge in [-0.05, 0) is 43.4 Å². The number of aliphatic hydroxyl groups excluding tert-OH is 1. The fourth-order valence-corrected chi connectivity index (χ4v) is 3.23. The van der Waals surface area contributed by atoms with E-state index in [1.54, 1.807) is 6.33 Å². The molecule has 0 amide bonds. The van der Waals surface area contributed by atoms with Gasteiger partial charge in [0.25, 0.3) is 0 Å². The number of aliphatic hydroxyl groups is 1. The second-order valence-corrected chi connectivity index (χ2v) is 5.77. The predicted molar refractivity (Wildman–Crippen MR) is 81.0 cm³/mol. The highest BCUT2D eigenvalue weighted by Gasteiger charge is 2.27. The number of nitrogens with zero attached hydrogens (tertiary/aromatic N) is 2. The molecule has 1 aromatic heterocycles. The molecule has 2 aromatic rings. The molecule has 1 aliphatic carbocycles. The van der Waals surface area contributed by atoms with Crippen LogP contribution in [0.25, 0.3) is 10.9 Å². The quantitative estimate of drug-likeness (QED) is 0.908. The zero-order valence-corrected chi connectivity index (χ0v) is 12.0. The number of aromatic nitrogens is 2. The molecule has 2 unspecified atom stereocenters. The van der Waals surface area contributed by atoms with E-state index in [1.807, 2.05) is 18.2 Å². The largest absolute Gasteiger partial charge is 0.396 e. The SMILES string of the molecule is OCCC1CCCC1Nc1ncnc2cc(Cl)ccc12. The molecule has 0 bridgehead atoms. The smallest absolute Gasteiger partial charge is 0.137 e. The maximum atomic E-state index is 9.14. The summed E-state index contributed by atoms with van der Waals surface area (Å²) in [5.74, 6) is 1.39. The van der Waals surface area contributed by atoms with Crippen molar-refractivity contribution in [3.63, 3.8) is 0 Å². The van der Waals surface area contributed by atoms with E-state index in [4.69, 9.17) is 16.7 Å². The van der Waals surface area contributed by atoms with Crippen LogP contribution in [0.5, 0.6) is 0 Å². The number of halogens is 1. The van der Waals surface area contributed by atoms with Crippen LogP contribution in [0.2, 0.25) is 5.02 Å². The van der Waals surface area contributed by atoms with Crippen LogP contribution in [0.1, 0.15) is 25.7 Å². The number of hydrogen-bond acceptors (Lipinski definition) is 4. The minimum Gasteiger partial charge on any atom is -0.396 e. The molecule has 0 saturated heterocycles. The maximum absolute atomic E-state index is 9.14. The Hall–Kier alpha value is -1.39. The minimum absolute atomic E-state index is 0.253. The Morgan fingerprint density at radius 2 is 2.20 bits per heavy atom. The highest BCUT2D eigenvalue weighted by molar-refractivity contribution is 6.31. The zero-order chi connectivity index (χ0) is 13.9. The molecule has 2 N–H and O–H groups in total. The molecule has 20 heavy (non-hydrogen) atoms. The Balaban J connectivity index is 1.87. The highest BCUT2D eigenvalue weighted by atomic mass is 35.5. The number of benzene rings is 1. The maximum Gasteiger partial charge on any atom is 0.137 e. The third kappa shape index (κ3) is 2.72. The molecule has 1 aliphatic rings. The van der Waals surface area contributed by atoms with Gasteiger partial charge in [-0.15, -0.1) is 0 Å². The summed E-state index contributed by atoms with van der Waals surface area (Å²) in [5, 5.41) is 14.4. The number of fused-ring (bicyclic) bond motifs is 1. The van der Waals surface area contributed by atoms with Gasteiger partial charge in [-0.2, -0.15) is 0 Å². The van der Waals surface area contributed by atoms with Crippen LogP contribution in [-0.2, 0) is 0 Å². The Morgan fingerprint density at radius 3 is 3.05 bits per heavy atom. The van der Waals surface area contributed by atoms with Gasteiger partial charge in [-0.25, -0.2) is 9.97 Å². The third-order valence-electron chi connectivity index (χ3n) is 4.08. The van der Waals surface area contributed by atoms with Crippen molar-refractivity contribution in [3.8, 4) is 0 Å². The summed E-state index contributed by atoms with van der Waals surface area (Å²) in [6.07, 6.45) is 5.93. The van der Waals surface area contributed by atoms with Crippen molar-refractivity contribution in [2.24, 2.45) is 5.92 Å². The summed E-state index contributed by atoms with van der Waals surface area (Å²) < 4.78 is 0. The topological polar surface area (TPSA) is 58.0 Å². The summed E-state index contributed by atoms with van der Waals surface area (Å²) >= 11 is 6.00. The summed E-state index contributed by atoms with van der Waals surface area (Å²) in [6, 6.07) is 6.05. The predicted octanol–water partition coefficient (Wildman–Crippen LogP) is 3.25. The Labute approximate surface area is 123 Å². The average Bonchev–Trinajstić information content (AvgIpc) is 2.86. The molecule has 3 rings (SSSR count). The van der Waals surface area contributed by atoms with E-state index in [2.05, 4.69) is 15.3 Å². The van der Waals surface area contributed by atoms with Gasteiger partial charge in [-0.1, -0.05) is 18.0 Å². The Bertz CT molecular complexity index is 605. The van der Waals surface area contributed by atoms with Crippen molar-refractivity contribution in [2.45, 2.75) is 31.7 Å². The molecule has 0 spiro atoms. The monoisotopic (exact) mass is 291 g/mol. The fraction of sp³-hybridized carbons (Fsp3) is 0.467.